The van der Waals surface area contributed by atoms with E-state index in [9.17, 15) is 13.2 Å². The van der Waals surface area contributed by atoms with Crippen LogP contribution in [0, 0.1) is 10.5 Å². The predicted octanol–water partition coefficient (Wildman–Crippen LogP) is 4.94. The van der Waals surface area contributed by atoms with Gasteiger partial charge < -0.3 is 11.1 Å². The molecule has 0 aliphatic carbocycles. The zero-order valence-corrected chi connectivity index (χ0v) is 12.7. The maximum Gasteiger partial charge on any atom is 0.416 e. The van der Waals surface area contributed by atoms with Crippen LogP contribution in [-0.2, 0) is 6.18 Å². The van der Waals surface area contributed by atoms with Gasteiger partial charge in [-0.05, 0) is 65.4 Å². The summed E-state index contributed by atoms with van der Waals surface area (Å²) in [5, 5.41) is 3.02. The van der Waals surface area contributed by atoms with E-state index in [2.05, 4.69) is 27.9 Å². The Morgan fingerprint density at radius 3 is 2.35 bits per heavy atom. The zero-order valence-electron chi connectivity index (χ0n) is 10.6. The highest BCUT2D eigenvalue weighted by molar-refractivity contribution is 14.1. The first kappa shape index (κ1) is 15.0. The van der Waals surface area contributed by atoms with Crippen LogP contribution in [0.4, 0.5) is 30.2 Å². The molecule has 0 spiro atoms. The van der Waals surface area contributed by atoms with Gasteiger partial charge in [0.25, 0.3) is 0 Å². The molecule has 0 aliphatic rings. The van der Waals surface area contributed by atoms with Crippen LogP contribution in [0.25, 0.3) is 0 Å². The first-order chi connectivity index (χ1) is 9.27. The van der Waals surface area contributed by atoms with Crippen LogP contribution in [-0.4, -0.2) is 0 Å². The van der Waals surface area contributed by atoms with Crippen LogP contribution in [0.1, 0.15) is 11.1 Å². The van der Waals surface area contributed by atoms with E-state index in [-0.39, 0.29) is 0 Å². The van der Waals surface area contributed by atoms with Crippen molar-refractivity contribution >= 4 is 39.7 Å². The molecule has 3 N–H and O–H groups in total. The first-order valence-corrected chi connectivity index (χ1v) is 6.85. The molecular formula is C14H12F3IN2. The number of halogens is 4. The molecule has 0 aromatic heterocycles. The molecule has 2 rings (SSSR count). The molecule has 0 heterocycles. The Morgan fingerprint density at radius 2 is 1.75 bits per heavy atom. The van der Waals surface area contributed by atoms with Gasteiger partial charge in [-0.2, -0.15) is 13.2 Å². The third kappa shape index (κ3) is 3.36. The van der Waals surface area contributed by atoms with Gasteiger partial charge in [-0.1, -0.05) is 6.07 Å². The first-order valence-electron chi connectivity index (χ1n) is 5.77. The molecule has 0 aliphatic heterocycles. The highest BCUT2D eigenvalue weighted by Crippen LogP contribution is 2.33. The second kappa shape index (κ2) is 5.51. The smallest absolute Gasteiger partial charge is 0.399 e. The zero-order chi connectivity index (χ0) is 14.9. The molecule has 0 bridgehead atoms. The second-order valence-corrected chi connectivity index (χ2v) is 5.55. The van der Waals surface area contributed by atoms with Gasteiger partial charge in [-0.25, -0.2) is 0 Å². The summed E-state index contributed by atoms with van der Waals surface area (Å²) in [6, 6.07) is 8.85. The van der Waals surface area contributed by atoms with E-state index >= 15 is 0 Å². The number of nitrogen functional groups attached to an aromatic ring is 1. The molecule has 0 saturated heterocycles. The van der Waals surface area contributed by atoms with E-state index in [0.29, 0.717) is 11.4 Å². The largest absolute Gasteiger partial charge is 0.416 e. The molecule has 0 fully saturated rings. The monoisotopic (exact) mass is 392 g/mol. The van der Waals surface area contributed by atoms with Crippen molar-refractivity contribution in [3.05, 3.63) is 51.1 Å². The minimum Gasteiger partial charge on any atom is -0.399 e. The summed E-state index contributed by atoms with van der Waals surface area (Å²) in [6.07, 6.45) is -4.35. The summed E-state index contributed by atoms with van der Waals surface area (Å²) >= 11 is 2.08. The van der Waals surface area contributed by atoms with E-state index in [1.165, 1.54) is 6.07 Å². The highest BCUT2D eigenvalue weighted by atomic mass is 127. The number of aryl methyl sites for hydroxylation is 1. The fourth-order valence-corrected chi connectivity index (χ4v) is 2.39. The Bertz CT molecular complexity index is 639. The van der Waals surface area contributed by atoms with Crippen LogP contribution < -0.4 is 11.1 Å². The molecule has 0 amide bonds. The van der Waals surface area contributed by atoms with Gasteiger partial charge in [0.05, 0.1) is 11.3 Å². The average Bonchev–Trinajstić information content (AvgIpc) is 2.33. The van der Waals surface area contributed by atoms with Gasteiger partial charge in [-0.3, -0.25) is 0 Å². The number of nitrogens with two attached hydrogens (primary N) is 1. The van der Waals surface area contributed by atoms with E-state index in [4.69, 9.17) is 5.73 Å². The average molecular weight is 392 g/mol. The summed E-state index contributed by atoms with van der Waals surface area (Å²) in [7, 11) is 0. The summed E-state index contributed by atoms with van der Waals surface area (Å²) < 4.78 is 39.0. The number of anilines is 3. The summed E-state index contributed by atoms with van der Waals surface area (Å²) in [5.41, 5.74) is 7.49. The SMILES string of the molecule is Cc1ccc(C(F)(F)F)cc1Nc1ccc(N)cc1I. The lowest BCUT2D eigenvalue weighted by Crippen LogP contribution is -2.06. The van der Waals surface area contributed by atoms with Gasteiger partial charge in [-0.15, -0.1) is 0 Å². The minimum atomic E-state index is -4.35. The van der Waals surface area contributed by atoms with Crippen LogP contribution >= 0.6 is 22.6 Å². The van der Waals surface area contributed by atoms with E-state index in [1.54, 1.807) is 25.1 Å². The lowest BCUT2D eigenvalue weighted by atomic mass is 10.1. The highest BCUT2D eigenvalue weighted by Gasteiger charge is 2.30. The van der Waals surface area contributed by atoms with E-state index < -0.39 is 11.7 Å². The van der Waals surface area contributed by atoms with Gasteiger partial charge in [0.1, 0.15) is 0 Å². The topological polar surface area (TPSA) is 38.0 Å². The van der Waals surface area contributed by atoms with Crippen LogP contribution in [0.15, 0.2) is 36.4 Å². The number of nitrogens with one attached hydrogen (secondary N) is 1. The van der Waals surface area contributed by atoms with Crippen LogP contribution in [0.5, 0.6) is 0 Å². The van der Waals surface area contributed by atoms with Crippen molar-refractivity contribution < 1.29 is 13.2 Å². The molecule has 0 saturated carbocycles. The Morgan fingerprint density at radius 1 is 1.05 bits per heavy atom. The van der Waals surface area contributed by atoms with Gasteiger partial charge in [0.15, 0.2) is 0 Å². The molecule has 0 atom stereocenters. The van der Waals surface area contributed by atoms with Gasteiger partial charge in [0, 0.05) is 14.9 Å². The Hall–Kier alpha value is -1.44. The Labute approximate surface area is 128 Å². The fraction of sp³-hybridized carbons (Fsp3) is 0.143. The molecule has 2 nitrogen and oxygen atoms in total. The second-order valence-electron chi connectivity index (χ2n) is 4.39. The Balaban J connectivity index is 2.38. The van der Waals surface area contributed by atoms with E-state index in [1.807, 2.05) is 0 Å². The number of rotatable bonds is 2. The van der Waals surface area contributed by atoms with Crippen molar-refractivity contribution in [1.82, 2.24) is 0 Å². The van der Waals surface area contributed by atoms with Crippen LogP contribution in [0.3, 0.4) is 0 Å². The molecule has 2 aromatic carbocycles. The Kier molecular flexibility index (Phi) is 4.12. The number of benzene rings is 2. The maximum absolute atomic E-state index is 12.7. The summed E-state index contributed by atoms with van der Waals surface area (Å²) in [5.74, 6) is 0. The van der Waals surface area contributed by atoms with Crippen molar-refractivity contribution in [3.63, 3.8) is 0 Å². The molecule has 2 aromatic rings. The standard InChI is InChI=1S/C14H12F3IN2/c1-8-2-3-9(14(15,16)17)6-13(8)20-12-5-4-10(19)7-11(12)18/h2-7,20H,19H2,1H3. The van der Waals surface area contributed by atoms with Gasteiger partial charge in [0.2, 0.25) is 0 Å². The lowest BCUT2D eigenvalue weighted by Gasteiger charge is -2.14. The molecule has 20 heavy (non-hydrogen) atoms. The molecule has 6 heteroatoms. The number of alkyl halides is 3. The third-order valence-electron chi connectivity index (χ3n) is 2.83. The van der Waals surface area contributed by atoms with E-state index in [0.717, 1.165) is 27.0 Å². The third-order valence-corrected chi connectivity index (χ3v) is 3.72. The van der Waals surface area contributed by atoms with Crippen molar-refractivity contribution in [2.75, 3.05) is 11.1 Å². The van der Waals surface area contributed by atoms with Crippen molar-refractivity contribution in [1.29, 1.82) is 0 Å². The number of hydrogen-bond acceptors (Lipinski definition) is 2. The van der Waals surface area contributed by atoms with Crippen molar-refractivity contribution in [2.24, 2.45) is 0 Å². The molecular weight excluding hydrogens is 380 g/mol. The maximum atomic E-state index is 12.7. The summed E-state index contributed by atoms with van der Waals surface area (Å²) in [4.78, 5) is 0. The lowest BCUT2D eigenvalue weighted by molar-refractivity contribution is -0.137. The minimum absolute atomic E-state index is 0.433. The molecule has 106 valence electrons. The van der Waals surface area contributed by atoms with Crippen molar-refractivity contribution in [3.8, 4) is 0 Å². The fourth-order valence-electron chi connectivity index (χ4n) is 1.71. The van der Waals surface area contributed by atoms with Crippen molar-refractivity contribution in [2.45, 2.75) is 13.1 Å². The quantitative estimate of drug-likeness (QED) is 0.561. The van der Waals surface area contributed by atoms with Crippen LogP contribution in [0.2, 0.25) is 0 Å². The van der Waals surface area contributed by atoms with Gasteiger partial charge >= 0.3 is 6.18 Å². The molecule has 0 unspecified atom stereocenters. The molecule has 0 radical (unpaired) electrons. The number of hydrogen-bond donors (Lipinski definition) is 2. The normalized spacial score (nSPS) is 11.4. The predicted molar refractivity (Wildman–Crippen MR) is 83.0 cm³/mol. The summed E-state index contributed by atoms with van der Waals surface area (Å²) in [6.45, 7) is 1.76.